The summed E-state index contributed by atoms with van der Waals surface area (Å²) in [5.74, 6) is 1.68. The first-order chi connectivity index (χ1) is 8.65. The maximum Gasteiger partial charge on any atom is 0.120 e. The van der Waals surface area contributed by atoms with Gasteiger partial charge in [0, 0.05) is 5.02 Å². The number of ether oxygens (including phenoxy) is 1. The summed E-state index contributed by atoms with van der Waals surface area (Å²) in [6, 6.07) is 6.01. The normalized spacial score (nSPS) is 17.1. The minimum atomic E-state index is 0.206. The Balaban J connectivity index is 2.05. The van der Waals surface area contributed by atoms with E-state index in [1.54, 1.807) is 0 Å². The molecule has 1 aromatic carbocycles. The van der Waals surface area contributed by atoms with Crippen molar-refractivity contribution in [2.24, 2.45) is 5.92 Å². The van der Waals surface area contributed by atoms with Gasteiger partial charge in [-0.25, -0.2) is 0 Å². The van der Waals surface area contributed by atoms with Gasteiger partial charge >= 0.3 is 0 Å². The van der Waals surface area contributed by atoms with E-state index in [0.717, 1.165) is 36.2 Å². The summed E-state index contributed by atoms with van der Waals surface area (Å²) in [6.07, 6.45) is 3.76. The fourth-order valence-electron chi connectivity index (χ4n) is 2.45. The lowest BCUT2D eigenvalue weighted by Gasteiger charge is -2.23. The molecule has 1 aliphatic heterocycles. The van der Waals surface area contributed by atoms with Crippen molar-refractivity contribution in [3.63, 3.8) is 0 Å². The molecule has 1 heterocycles. The smallest absolute Gasteiger partial charge is 0.120 e. The first kappa shape index (κ1) is 13.7. The molecule has 1 saturated heterocycles. The van der Waals surface area contributed by atoms with Gasteiger partial charge in [0.2, 0.25) is 0 Å². The Morgan fingerprint density at radius 2 is 2.06 bits per heavy atom. The van der Waals surface area contributed by atoms with Gasteiger partial charge in [0.1, 0.15) is 5.75 Å². The molecule has 1 aromatic rings. The van der Waals surface area contributed by atoms with E-state index in [9.17, 15) is 0 Å². The van der Waals surface area contributed by atoms with E-state index in [-0.39, 0.29) is 6.10 Å². The number of halogens is 1. The zero-order valence-corrected chi connectivity index (χ0v) is 12.0. The van der Waals surface area contributed by atoms with Crippen LogP contribution < -0.4 is 10.1 Å². The first-order valence-corrected chi connectivity index (χ1v) is 7.18. The van der Waals surface area contributed by atoms with Crippen molar-refractivity contribution < 1.29 is 4.74 Å². The van der Waals surface area contributed by atoms with Gasteiger partial charge < -0.3 is 10.1 Å². The average molecular weight is 268 g/mol. The zero-order valence-electron chi connectivity index (χ0n) is 11.2. The monoisotopic (exact) mass is 267 g/mol. The van der Waals surface area contributed by atoms with E-state index in [0.29, 0.717) is 0 Å². The molecule has 2 rings (SSSR count). The van der Waals surface area contributed by atoms with E-state index < -0.39 is 0 Å². The van der Waals surface area contributed by atoms with Crippen LogP contribution in [-0.4, -0.2) is 19.2 Å². The van der Waals surface area contributed by atoms with Gasteiger partial charge in [-0.3, -0.25) is 0 Å². The van der Waals surface area contributed by atoms with Crippen LogP contribution in [0.25, 0.3) is 0 Å². The van der Waals surface area contributed by atoms with Gasteiger partial charge in [-0.2, -0.15) is 0 Å². The molecular weight excluding hydrogens is 246 g/mol. The predicted octanol–water partition coefficient (Wildman–Crippen LogP) is 3.67. The summed E-state index contributed by atoms with van der Waals surface area (Å²) in [6.45, 7) is 6.34. The van der Waals surface area contributed by atoms with Crippen molar-refractivity contribution >= 4 is 11.6 Å². The van der Waals surface area contributed by atoms with Crippen LogP contribution >= 0.6 is 11.6 Å². The molecule has 0 bridgehead atoms. The molecular formula is C15H22ClNO. The van der Waals surface area contributed by atoms with Gasteiger partial charge in [0.05, 0.1) is 6.10 Å². The molecule has 18 heavy (non-hydrogen) atoms. The zero-order chi connectivity index (χ0) is 13.0. The lowest BCUT2D eigenvalue weighted by Crippen LogP contribution is -2.28. The maximum atomic E-state index is 6.28. The Bertz CT molecular complexity index is 386. The summed E-state index contributed by atoms with van der Waals surface area (Å²) in [5.41, 5.74) is 1.22. The summed E-state index contributed by atoms with van der Waals surface area (Å²) in [7, 11) is 0. The van der Waals surface area contributed by atoms with Gasteiger partial charge in [-0.1, -0.05) is 11.6 Å². The molecule has 0 radical (unpaired) electrons. The molecule has 0 amide bonds. The fourth-order valence-corrected chi connectivity index (χ4v) is 2.64. The third-order valence-corrected chi connectivity index (χ3v) is 3.73. The molecule has 1 N–H and O–H groups in total. The largest absolute Gasteiger partial charge is 0.491 e. The molecule has 0 atom stereocenters. The van der Waals surface area contributed by atoms with E-state index in [1.807, 2.05) is 26.0 Å². The highest BCUT2D eigenvalue weighted by Gasteiger charge is 2.15. The van der Waals surface area contributed by atoms with Crippen LogP contribution in [0.5, 0.6) is 5.75 Å². The molecule has 1 fully saturated rings. The fraction of sp³-hybridized carbons (Fsp3) is 0.600. The quantitative estimate of drug-likeness (QED) is 0.899. The van der Waals surface area contributed by atoms with Gasteiger partial charge in [-0.05, 0) is 75.9 Å². The molecule has 100 valence electrons. The summed E-state index contributed by atoms with van der Waals surface area (Å²) >= 11 is 6.28. The third-order valence-electron chi connectivity index (χ3n) is 3.36. The molecule has 0 aliphatic carbocycles. The topological polar surface area (TPSA) is 21.3 Å². The van der Waals surface area contributed by atoms with E-state index >= 15 is 0 Å². The Labute approximate surface area is 115 Å². The number of piperidine rings is 1. The Hall–Kier alpha value is -0.730. The van der Waals surface area contributed by atoms with E-state index in [2.05, 4.69) is 11.4 Å². The van der Waals surface area contributed by atoms with Gasteiger partial charge in [-0.15, -0.1) is 0 Å². The molecule has 0 unspecified atom stereocenters. The first-order valence-electron chi connectivity index (χ1n) is 6.81. The number of hydrogen-bond donors (Lipinski definition) is 1. The minimum Gasteiger partial charge on any atom is -0.491 e. The van der Waals surface area contributed by atoms with Crippen LogP contribution in [0.3, 0.4) is 0 Å². The number of benzene rings is 1. The second kappa shape index (κ2) is 6.44. The Kier molecular flexibility index (Phi) is 4.90. The highest BCUT2D eigenvalue weighted by molar-refractivity contribution is 6.31. The molecule has 0 aromatic heterocycles. The molecule has 2 nitrogen and oxygen atoms in total. The molecule has 1 aliphatic rings. The second-order valence-corrected chi connectivity index (χ2v) is 5.72. The van der Waals surface area contributed by atoms with E-state index in [4.69, 9.17) is 16.3 Å². The average Bonchev–Trinajstić information content (AvgIpc) is 2.34. The van der Waals surface area contributed by atoms with Gasteiger partial charge in [0.15, 0.2) is 0 Å². The number of nitrogens with one attached hydrogen (secondary N) is 1. The van der Waals surface area contributed by atoms with Crippen molar-refractivity contribution in [1.82, 2.24) is 5.32 Å². The van der Waals surface area contributed by atoms with Crippen molar-refractivity contribution in [1.29, 1.82) is 0 Å². The Morgan fingerprint density at radius 1 is 1.33 bits per heavy atom. The van der Waals surface area contributed by atoms with Crippen LogP contribution in [0.1, 0.15) is 32.3 Å². The van der Waals surface area contributed by atoms with Crippen LogP contribution in [0.15, 0.2) is 18.2 Å². The SMILES string of the molecule is CC(C)Oc1ccc(Cl)c(CC2CCNCC2)c1. The summed E-state index contributed by atoms with van der Waals surface area (Å²) < 4.78 is 5.73. The Morgan fingerprint density at radius 3 is 2.72 bits per heavy atom. The molecule has 0 saturated carbocycles. The second-order valence-electron chi connectivity index (χ2n) is 5.32. The van der Waals surface area contributed by atoms with Gasteiger partial charge in [0.25, 0.3) is 0 Å². The van der Waals surface area contributed by atoms with Crippen molar-refractivity contribution in [3.8, 4) is 5.75 Å². The minimum absolute atomic E-state index is 0.206. The third kappa shape index (κ3) is 3.89. The van der Waals surface area contributed by atoms with Crippen molar-refractivity contribution in [2.45, 2.75) is 39.2 Å². The van der Waals surface area contributed by atoms with Crippen LogP contribution in [0.2, 0.25) is 5.02 Å². The van der Waals surface area contributed by atoms with Crippen LogP contribution in [-0.2, 0) is 6.42 Å². The maximum absolute atomic E-state index is 6.28. The highest BCUT2D eigenvalue weighted by atomic mass is 35.5. The molecule has 3 heteroatoms. The van der Waals surface area contributed by atoms with Crippen LogP contribution in [0.4, 0.5) is 0 Å². The standard InChI is InChI=1S/C15H22ClNO/c1-11(2)18-14-3-4-15(16)13(10-14)9-12-5-7-17-8-6-12/h3-4,10-12,17H,5-9H2,1-2H3. The lowest BCUT2D eigenvalue weighted by molar-refractivity contribution is 0.242. The number of hydrogen-bond acceptors (Lipinski definition) is 2. The predicted molar refractivity (Wildman–Crippen MR) is 76.5 cm³/mol. The van der Waals surface area contributed by atoms with Crippen molar-refractivity contribution in [3.05, 3.63) is 28.8 Å². The summed E-state index contributed by atoms with van der Waals surface area (Å²) in [5, 5.41) is 4.26. The van der Waals surface area contributed by atoms with Crippen molar-refractivity contribution in [2.75, 3.05) is 13.1 Å². The van der Waals surface area contributed by atoms with Crippen LogP contribution in [0, 0.1) is 5.92 Å². The highest BCUT2D eigenvalue weighted by Crippen LogP contribution is 2.27. The summed E-state index contributed by atoms with van der Waals surface area (Å²) in [4.78, 5) is 0. The lowest BCUT2D eigenvalue weighted by atomic mass is 9.91. The van der Waals surface area contributed by atoms with E-state index in [1.165, 1.54) is 18.4 Å². The number of rotatable bonds is 4. The molecule has 0 spiro atoms.